The van der Waals surface area contributed by atoms with Crippen LogP contribution in [0.3, 0.4) is 0 Å². The van der Waals surface area contributed by atoms with E-state index in [1.165, 1.54) is 6.07 Å². The van der Waals surface area contributed by atoms with E-state index < -0.39 is 0 Å². The molecule has 0 aliphatic rings. The van der Waals surface area contributed by atoms with Crippen molar-refractivity contribution in [2.24, 2.45) is 7.05 Å². The molecule has 0 bridgehead atoms. The topological polar surface area (TPSA) is 79.8 Å². The number of pyridine rings is 1. The van der Waals surface area contributed by atoms with Gasteiger partial charge in [0.15, 0.2) is 5.43 Å². The van der Waals surface area contributed by atoms with E-state index in [9.17, 15) is 9.59 Å². The molecule has 1 atom stereocenters. The molecule has 112 valence electrons. The monoisotopic (exact) mass is 288 g/mol. The summed E-state index contributed by atoms with van der Waals surface area (Å²) in [7, 11) is 1.80. The van der Waals surface area contributed by atoms with Crippen molar-refractivity contribution < 1.29 is 4.79 Å². The van der Waals surface area contributed by atoms with Gasteiger partial charge in [-0.15, -0.1) is 0 Å². The highest BCUT2D eigenvalue weighted by Crippen LogP contribution is 2.19. The Morgan fingerprint density at radius 1 is 1.38 bits per heavy atom. The molecule has 2 N–H and O–H groups in total. The fourth-order valence-corrected chi connectivity index (χ4v) is 2.44. The predicted molar refractivity (Wildman–Crippen MR) is 80.4 cm³/mol. The molecule has 0 unspecified atom stereocenters. The summed E-state index contributed by atoms with van der Waals surface area (Å²) >= 11 is 0. The van der Waals surface area contributed by atoms with Gasteiger partial charge in [-0.05, 0) is 27.7 Å². The fraction of sp³-hybridized carbons (Fsp3) is 0.400. The first-order valence-electron chi connectivity index (χ1n) is 6.81. The SMILES string of the molecule is Cc1n[nH]c(C)c1[C@H](C)NC(=O)c1cn(C)c(C)cc1=O. The van der Waals surface area contributed by atoms with Crippen molar-refractivity contribution in [3.8, 4) is 0 Å². The molecule has 0 radical (unpaired) electrons. The van der Waals surface area contributed by atoms with Crippen LogP contribution in [0.15, 0.2) is 17.1 Å². The molecule has 0 aliphatic carbocycles. The van der Waals surface area contributed by atoms with Crippen LogP contribution in [-0.4, -0.2) is 20.7 Å². The number of aromatic amines is 1. The van der Waals surface area contributed by atoms with Gasteiger partial charge in [0, 0.05) is 36.3 Å². The summed E-state index contributed by atoms with van der Waals surface area (Å²) in [5.74, 6) is -0.372. The zero-order valence-electron chi connectivity index (χ0n) is 12.9. The van der Waals surface area contributed by atoms with Gasteiger partial charge in [0.05, 0.1) is 11.7 Å². The minimum absolute atomic E-state index is 0.147. The second kappa shape index (κ2) is 5.55. The van der Waals surface area contributed by atoms with Gasteiger partial charge >= 0.3 is 0 Å². The third kappa shape index (κ3) is 2.89. The Morgan fingerprint density at radius 2 is 2.05 bits per heavy atom. The summed E-state index contributed by atoms with van der Waals surface area (Å²) in [6.07, 6.45) is 1.56. The highest BCUT2D eigenvalue weighted by molar-refractivity contribution is 5.94. The van der Waals surface area contributed by atoms with Crippen LogP contribution in [0.1, 0.15) is 46.0 Å². The van der Waals surface area contributed by atoms with Gasteiger partial charge in [-0.1, -0.05) is 0 Å². The zero-order valence-corrected chi connectivity index (χ0v) is 12.9. The molecule has 0 saturated carbocycles. The molecule has 0 aromatic carbocycles. The highest BCUT2D eigenvalue weighted by Gasteiger charge is 2.19. The van der Waals surface area contributed by atoms with Crippen LogP contribution in [0.2, 0.25) is 0 Å². The molecule has 0 aliphatic heterocycles. The average Bonchev–Trinajstić information content (AvgIpc) is 2.73. The molecule has 21 heavy (non-hydrogen) atoms. The van der Waals surface area contributed by atoms with Crippen molar-refractivity contribution in [3.05, 3.63) is 50.7 Å². The van der Waals surface area contributed by atoms with Gasteiger partial charge in [-0.3, -0.25) is 14.7 Å². The predicted octanol–water partition coefficient (Wildman–Crippen LogP) is 1.52. The largest absolute Gasteiger partial charge is 0.354 e. The maximum atomic E-state index is 12.3. The Balaban J connectivity index is 2.27. The van der Waals surface area contributed by atoms with E-state index in [-0.39, 0.29) is 22.9 Å². The third-order valence-corrected chi connectivity index (χ3v) is 3.69. The number of amides is 1. The van der Waals surface area contributed by atoms with Crippen molar-refractivity contribution in [3.63, 3.8) is 0 Å². The summed E-state index contributed by atoms with van der Waals surface area (Å²) in [5, 5.41) is 9.87. The fourth-order valence-electron chi connectivity index (χ4n) is 2.44. The molecule has 0 spiro atoms. The molecular formula is C15H20N4O2. The number of hydrogen-bond acceptors (Lipinski definition) is 3. The Kier molecular flexibility index (Phi) is 3.97. The normalized spacial score (nSPS) is 12.2. The van der Waals surface area contributed by atoms with Gasteiger partial charge in [0.25, 0.3) is 5.91 Å². The number of nitrogens with one attached hydrogen (secondary N) is 2. The molecule has 2 aromatic rings. The summed E-state index contributed by atoms with van der Waals surface area (Å²) in [5.41, 5.74) is 3.40. The first-order chi connectivity index (χ1) is 9.81. The van der Waals surface area contributed by atoms with E-state index in [0.717, 1.165) is 22.6 Å². The van der Waals surface area contributed by atoms with E-state index in [4.69, 9.17) is 0 Å². The maximum Gasteiger partial charge on any atom is 0.257 e. The lowest BCUT2D eigenvalue weighted by molar-refractivity contribution is 0.0938. The average molecular weight is 288 g/mol. The van der Waals surface area contributed by atoms with E-state index in [2.05, 4.69) is 15.5 Å². The van der Waals surface area contributed by atoms with Gasteiger partial charge in [-0.25, -0.2) is 0 Å². The molecule has 0 fully saturated rings. The molecule has 0 saturated heterocycles. The quantitative estimate of drug-likeness (QED) is 0.898. The maximum absolute atomic E-state index is 12.3. The van der Waals surface area contributed by atoms with Crippen LogP contribution in [0.5, 0.6) is 0 Å². The van der Waals surface area contributed by atoms with Gasteiger partial charge < -0.3 is 9.88 Å². The number of rotatable bonds is 3. The second-order valence-electron chi connectivity index (χ2n) is 5.35. The first-order valence-corrected chi connectivity index (χ1v) is 6.81. The molecule has 1 amide bonds. The van der Waals surface area contributed by atoms with Crippen molar-refractivity contribution >= 4 is 5.91 Å². The number of aromatic nitrogens is 3. The van der Waals surface area contributed by atoms with E-state index in [0.29, 0.717) is 0 Å². The van der Waals surface area contributed by atoms with Crippen LogP contribution in [-0.2, 0) is 7.05 Å². The first kappa shape index (κ1) is 15.0. The Bertz CT molecular complexity index is 723. The smallest absolute Gasteiger partial charge is 0.257 e. The number of hydrogen-bond donors (Lipinski definition) is 2. The summed E-state index contributed by atoms with van der Waals surface area (Å²) in [4.78, 5) is 24.2. The van der Waals surface area contributed by atoms with E-state index in [1.807, 2.05) is 27.7 Å². The van der Waals surface area contributed by atoms with Gasteiger partial charge in [-0.2, -0.15) is 5.10 Å². The van der Waals surface area contributed by atoms with E-state index >= 15 is 0 Å². The van der Waals surface area contributed by atoms with Crippen LogP contribution in [0.25, 0.3) is 0 Å². The Morgan fingerprint density at radius 3 is 2.62 bits per heavy atom. The Hall–Kier alpha value is -2.37. The van der Waals surface area contributed by atoms with Crippen LogP contribution >= 0.6 is 0 Å². The lowest BCUT2D eigenvalue weighted by Crippen LogP contribution is -2.32. The van der Waals surface area contributed by atoms with Gasteiger partial charge in [0.2, 0.25) is 0 Å². The minimum Gasteiger partial charge on any atom is -0.354 e. The summed E-state index contributed by atoms with van der Waals surface area (Å²) in [6, 6.07) is 1.25. The van der Waals surface area contributed by atoms with Gasteiger partial charge in [0.1, 0.15) is 5.56 Å². The molecule has 2 aromatic heterocycles. The number of carbonyl (C=O) groups is 1. The summed E-state index contributed by atoms with van der Waals surface area (Å²) < 4.78 is 1.76. The van der Waals surface area contributed by atoms with Crippen molar-refractivity contribution in [2.75, 3.05) is 0 Å². The molecule has 6 heteroatoms. The van der Waals surface area contributed by atoms with Crippen LogP contribution in [0.4, 0.5) is 0 Å². The second-order valence-corrected chi connectivity index (χ2v) is 5.35. The van der Waals surface area contributed by atoms with E-state index in [1.54, 1.807) is 17.8 Å². The molecule has 2 heterocycles. The van der Waals surface area contributed by atoms with Crippen LogP contribution < -0.4 is 10.7 Å². The molecule has 6 nitrogen and oxygen atoms in total. The summed E-state index contributed by atoms with van der Waals surface area (Å²) in [6.45, 7) is 7.49. The van der Waals surface area contributed by atoms with Crippen molar-refractivity contribution in [1.82, 2.24) is 20.1 Å². The number of H-pyrrole nitrogens is 1. The van der Waals surface area contributed by atoms with Crippen molar-refractivity contribution in [2.45, 2.75) is 33.7 Å². The molecular weight excluding hydrogens is 268 g/mol. The third-order valence-electron chi connectivity index (χ3n) is 3.69. The Labute approximate surface area is 123 Å². The number of carbonyl (C=O) groups excluding carboxylic acids is 1. The lowest BCUT2D eigenvalue weighted by atomic mass is 10.1. The highest BCUT2D eigenvalue weighted by atomic mass is 16.2. The molecule has 2 rings (SSSR count). The zero-order chi connectivity index (χ0) is 15.7. The number of nitrogens with zero attached hydrogens (tertiary/aromatic N) is 2. The standard InChI is InChI=1S/C15H20N4O2/c1-8-6-13(20)12(7-19(8)5)15(21)16-9(2)14-10(3)17-18-11(14)4/h6-7,9H,1-5H3,(H,16,21)(H,17,18)/t9-/m0/s1. The number of aryl methyl sites for hydroxylation is 4. The lowest BCUT2D eigenvalue weighted by Gasteiger charge is -2.15. The minimum atomic E-state index is -0.372. The van der Waals surface area contributed by atoms with Crippen molar-refractivity contribution in [1.29, 1.82) is 0 Å². The van der Waals surface area contributed by atoms with Crippen LogP contribution in [0, 0.1) is 20.8 Å².